The molecule has 1 rings (SSSR count). The summed E-state index contributed by atoms with van der Waals surface area (Å²) < 4.78 is 6.09. The first-order valence-corrected chi connectivity index (χ1v) is 5.74. The molecule has 0 spiro atoms. The maximum Gasteiger partial charge on any atom is 0.216 e. The van der Waals surface area contributed by atoms with Crippen molar-refractivity contribution >= 4 is 27.5 Å². The van der Waals surface area contributed by atoms with Crippen molar-refractivity contribution in [2.45, 2.75) is 6.92 Å². The van der Waals surface area contributed by atoms with Crippen LogP contribution in [0.3, 0.4) is 0 Å². The Balaban J connectivity index is 2.49. The van der Waals surface area contributed by atoms with Crippen LogP contribution in [-0.2, 0) is 4.79 Å². The second kappa shape index (κ2) is 6.37. The van der Waals surface area contributed by atoms with Gasteiger partial charge in [-0.1, -0.05) is 0 Å². The summed E-state index contributed by atoms with van der Waals surface area (Å²) in [6.07, 6.45) is 0. The zero-order chi connectivity index (χ0) is 12.0. The van der Waals surface area contributed by atoms with E-state index < -0.39 is 0 Å². The van der Waals surface area contributed by atoms with Gasteiger partial charge in [0.05, 0.1) is 12.8 Å². The second-order valence-corrected chi connectivity index (χ2v) is 4.11. The molecule has 0 aliphatic heterocycles. The normalized spacial score (nSPS) is 9.69. The molecule has 16 heavy (non-hydrogen) atoms. The van der Waals surface area contributed by atoms with Crippen molar-refractivity contribution < 1.29 is 9.53 Å². The van der Waals surface area contributed by atoms with E-state index in [0.717, 1.165) is 15.9 Å². The fourth-order valence-electron chi connectivity index (χ4n) is 1.20. The number of hydrogen-bond acceptors (Lipinski definition) is 3. The highest BCUT2D eigenvalue weighted by molar-refractivity contribution is 9.10. The highest BCUT2D eigenvalue weighted by Gasteiger charge is 2.01. The summed E-state index contributed by atoms with van der Waals surface area (Å²) in [5.74, 6) is 0.775. The van der Waals surface area contributed by atoms with E-state index in [0.29, 0.717) is 13.1 Å². The van der Waals surface area contributed by atoms with Gasteiger partial charge in [-0.2, -0.15) is 0 Å². The Morgan fingerprint density at radius 3 is 2.81 bits per heavy atom. The Morgan fingerprint density at radius 2 is 2.19 bits per heavy atom. The molecule has 0 aliphatic rings. The highest BCUT2D eigenvalue weighted by atomic mass is 79.9. The number of nitrogens with one attached hydrogen (secondary N) is 2. The largest absolute Gasteiger partial charge is 0.497 e. The number of methoxy groups -OCH3 is 1. The predicted octanol–water partition coefficient (Wildman–Crippen LogP) is 2.01. The van der Waals surface area contributed by atoms with E-state index in [9.17, 15) is 4.79 Å². The van der Waals surface area contributed by atoms with Gasteiger partial charge in [-0.3, -0.25) is 4.79 Å². The Kier molecular flexibility index (Phi) is 5.11. The monoisotopic (exact) mass is 286 g/mol. The van der Waals surface area contributed by atoms with Crippen LogP contribution in [0.1, 0.15) is 6.92 Å². The van der Waals surface area contributed by atoms with Crippen LogP contribution in [-0.4, -0.2) is 26.1 Å². The highest BCUT2D eigenvalue weighted by Crippen LogP contribution is 2.26. The van der Waals surface area contributed by atoms with Gasteiger partial charge in [0.1, 0.15) is 5.75 Å². The molecule has 1 aromatic carbocycles. The summed E-state index contributed by atoms with van der Waals surface area (Å²) in [4.78, 5) is 10.7. The predicted molar refractivity (Wildman–Crippen MR) is 67.9 cm³/mol. The lowest BCUT2D eigenvalue weighted by Gasteiger charge is -2.10. The first-order chi connectivity index (χ1) is 7.63. The van der Waals surface area contributed by atoms with Gasteiger partial charge in [0, 0.05) is 30.6 Å². The van der Waals surface area contributed by atoms with Crippen LogP contribution in [0.15, 0.2) is 22.7 Å². The van der Waals surface area contributed by atoms with Gasteiger partial charge in [0.25, 0.3) is 0 Å². The molecule has 1 aromatic rings. The molecule has 4 nitrogen and oxygen atoms in total. The van der Waals surface area contributed by atoms with E-state index in [1.165, 1.54) is 6.92 Å². The lowest BCUT2D eigenvalue weighted by molar-refractivity contribution is -0.118. The Labute approximate surface area is 103 Å². The van der Waals surface area contributed by atoms with Crippen LogP contribution in [0.25, 0.3) is 0 Å². The summed E-state index contributed by atoms with van der Waals surface area (Å²) >= 11 is 3.44. The van der Waals surface area contributed by atoms with Crippen molar-refractivity contribution in [2.75, 3.05) is 25.5 Å². The van der Waals surface area contributed by atoms with Crippen LogP contribution < -0.4 is 15.4 Å². The number of carbonyl (C=O) groups is 1. The van der Waals surface area contributed by atoms with E-state index in [-0.39, 0.29) is 5.91 Å². The van der Waals surface area contributed by atoms with Crippen LogP contribution in [0.2, 0.25) is 0 Å². The molecule has 0 heterocycles. The van der Waals surface area contributed by atoms with Gasteiger partial charge in [-0.15, -0.1) is 0 Å². The minimum Gasteiger partial charge on any atom is -0.497 e. The molecule has 1 amide bonds. The molecule has 0 saturated carbocycles. The minimum atomic E-state index is -0.0218. The first-order valence-electron chi connectivity index (χ1n) is 4.95. The van der Waals surface area contributed by atoms with E-state index >= 15 is 0 Å². The van der Waals surface area contributed by atoms with Gasteiger partial charge >= 0.3 is 0 Å². The molecule has 0 aromatic heterocycles. The number of rotatable bonds is 5. The van der Waals surface area contributed by atoms with Crippen molar-refractivity contribution in [1.82, 2.24) is 5.32 Å². The molecule has 0 atom stereocenters. The third kappa shape index (κ3) is 4.10. The smallest absolute Gasteiger partial charge is 0.216 e. The Morgan fingerprint density at radius 1 is 1.44 bits per heavy atom. The Hall–Kier alpha value is -1.23. The molecule has 88 valence electrons. The SMILES string of the molecule is COc1ccc(Br)c(NCCNC(C)=O)c1. The van der Waals surface area contributed by atoms with Crippen molar-refractivity contribution in [3.8, 4) is 5.75 Å². The van der Waals surface area contributed by atoms with E-state index in [1.54, 1.807) is 7.11 Å². The van der Waals surface area contributed by atoms with E-state index in [2.05, 4.69) is 26.6 Å². The number of benzene rings is 1. The van der Waals surface area contributed by atoms with E-state index in [1.807, 2.05) is 18.2 Å². The number of ether oxygens (including phenoxy) is 1. The number of halogens is 1. The van der Waals surface area contributed by atoms with Crippen molar-refractivity contribution in [1.29, 1.82) is 0 Å². The molecule has 0 fully saturated rings. The average Bonchev–Trinajstić information content (AvgIpc) is 2.26. The third-order valence-corrected chi connectivity index (χ3v) is 2.68. The number of amides is 1. The van der Waals surface area contributed by atoms with Crippen LogP contribution in [0.5, 0.6) is 5.75 Å². The summed E-state index contributed by atoms with van der Waals surface area (Å²) in [5.41, 5.74) is 0.949. The fraction of sp³-hybridized carbons (Fsp3) is 0.364. The summed E-state index contributed by atoms with van der Waals surface area (Å²) in [5, 5.41) is 5.92. The summed E-state index contributed by atoms with van der Waals surface area (Å²) in [7, 11) is 1.63. The molecule has 0 saturated heterocycles. The van der Waals surface area contributed by atoms with Crippen LogP contribution >= 0.6 is 15.9 Å². The fourth-order valence-corrected chi connectivity index (χ4v) is 1.59. The first kappa shape index (κ1) is 12.8. The zero-order valence-corrected chi connectivity index (χ0v) is 10.9. The van der Waals surface area contributed by atoms with Crippen molar-refractivity contribution in [2.24, 2.45) is 0 Å². The number of anilines is 1. The molecule has 0 radical (unpaired) electrons. The van der Waals surface area contributed by atoms with Gasteiger partial charge < -0.3 is 15.4 Å². The van der Waals surface area contributed by atoms with Crippen LogP contribution in [0, 0.1) is 0 Å². The van der Waals surface area contributed by atoms with Gasteiger partial charge in [0.2, 0.25) is 5.91 Å². The molecule has 0 bridgehead atoms. The Bertz CT molecular complexity index is 369. The van der Waals surface area contributed by atoms with Crippen LogP contribution in [0.4, 0.5) is 5.69 Å². The summed E-state index contributed by atoms with van der Waals surface area (Å²) in [6.45, 7) is 2.77. The summed E-state index contributed by atoms with van der Waals surface area (Å²) in [6, 6.07) is 5.69. The molecular weight excluding hydrogens is 272 g/mol. The van der Waals surface area contributed by atoms with Crippen molar-refractivity contribution in [3.63, 3.8) is 0 Å². The molecule has 0 aliphatic carbocycles. The topological polar surface area (TPSA) is 50.4 Å². The third-order valence-electron chi connectivity index (χ3n) is 1.99. The number of hydrogen-bond donors (Lipinski definition) is 2. The van der Waals surface area contributed by atoms with Crippen molar-refractivity contribution in [3.05, 3.63) is 22.7 Å². The quantitative estimate of drug-likeness (QED) is 0.814. The van der Waals surface area contributed by atoms with Gasteiger partial charge in [0.15, 0.2) is 0 Å². The van der Waals surface area contributed by atoms with E-state index in [4.69, 9.17) is 4.74 Å². The molecule has 2 N–H and O–H groups in total. The average molecular weight is 287 g/mol. The maximum atomic E-state index is 10.7. The minimum absolute atomic E-state index is 0.0218. The standard InChI is InChI=1S/C11H15BrN2O2/c1-8(15)13-5-6-14-11-7-9(16-2)3-4-10(11)12/h3-4,7,14H,5-6H2,1-2H3,(H,13,15). The maximum absolute atomic E-state index is 10.7. The molecular formula is C11H15BrN2O2. The van der Waals surface area contributed by atoms with Gasteiger partial charge in [-0.05, 0) is 28.1 Å². The molecule has 5 heteroatoms. The van der Waals surface area contributed by atoms with Gasteiger partial charge in [-0.25, -0.2) is 0 Å². The lowest BCUT2D eigenvalue weighted by Crippen LogP contribution is -2.26. The second-order valence-electron chi connectivity index (χ2n) is 3.26. The zero-order valence-electron chi connectivity index (χ0n) is 9.34. The lowest BCUT2D eigenvalue weighted by atomic mass is 10.3. The number of carbonyl (C=O) groups excluding carboxylic acids is 1. The molecule has 0 unspecified atom stereocenters.